The molecule has 0 unspecified atom stereocenters. The third kappa shape index (κ3) is 3.58. The lowest BCUT2D eigenvalue weighted by molar-refractivity contribution is -0.190. The lowest BCUT2D eigenvalue weighted by Gasteiger charge is -2.33. The number of carbonyl (C=O) groups excluding carboxylic acids is 1. The van der Waals surface area contributed by atoms with Gasteiger partial charge in [0.05, 0.1) is 12.6 Å². The maximum Gasteiger partial charge on any atom is 0.410 e. The number of amides is 1. The van der Waals surface area contributed by atoms with Gasteiger partial charge in [0.1, 0.15) is 12.7 Å². The third-order valence-electron chi connectivity index (χ3n) is 5.31. The molecule has 0 N–H and O–H groups in total. The molecule has 5 nitrogen and oxygen atoms in total. The lowest BCUT2D eigenvalue weighted by Crippen LogP contribution is -2.45. The van der Waals surface area contributed by atoms with Crippen LogP contribution in [0.5, 0.6) is 0 Å². The van der Waals surface area contributed by atoms with E-state index in [2.05, 4.69) is 0 Å². The fourth-order valence-electron chi connectivity index (χ4n) is 3.96. The van der Waals surface area contributed by atoms with Crippen LogP contribution in [-0.4, -0.2) is 42.1 Å². The summed E-state index contributed by atoms with van der Waals surface area (Å²) in [6.45, 7) is 1.39. The van der Waals surface area contributed by atoms with E-state index < -0.39 is 5.79 Å². The minimum absolute atomic E-state index is 0.107. The van der Waals surface area contributed by atoms with Gasteiger partial charge in [-0.2, -0.15) is 0 Å². The molecule has 1 amide bonds. The summed E-state index contributed by atoms with van der Waals surface area (Å²) in [5, 5.41) is 0. The smallest absolute Gasteiger partial charge is 0.410 e. The fourth-order valence-corrected chi connectivity index (χ4v) is 3.96. The number of carbonyl (C=O) groups is 1. The molecule has 0 aromatic heterocycles. The lowest BCUT2D eigenvalue weighted by atomic mass is 9.94. The Balaban J connectivity index is 1.35. The van der Waals surface area contributed by atoms with Crippen molar-refractivity contribution in [2.45, 2.75) is 56.6 Å². The molecule has 1 aromatic carbocycles. The summed E-state index contributed by atoms with van der Waals surface area (Å²) in [6.07, 6.45) is 9.10. The molecule has 1 saturated heterocycles. The highest BCUT2D eigenvalue weighted by Crippen LogP contribution is 2.39. The fraction of sp³-hybridized carbons (Fsp3) is 0.550. The molecule has 1 saturated carbocycles. The van der Waals surface area contributed by atoms with Gasteiger partial charge in [-0.05, 0) is 18.4 Å². The molecule has 1 aromatic rings. The van der Waals surface area contributed by atoms with Gasteiger partial charge in [-0.15, -0.1) is 0 Å². The number of hydrogen-bond acceptors (Lipinski definition) is 4. The Labute approximate surface area is 148 Å². The van der Waals surface area contributed by atoms with Gasteiger partial charge >= 0.3 is 6.09 Å². The Morgan fingerprint density at radius 1 is 1.20 bits per heavy atom. The van der Waals surface area contributed by atoms with Crippen LogP contribution in [0, 0.1) is 0 Å². The summed E-state index contributed by atoms with van der Waals surface area (Å²) in [4.78, 5) is 14.3. The molecule has 5 heteroatoms. The first kappa shape index (κ1) is 16.6. The van der Waals surface area contributed by atoms with Gasteiger partial charge in [0.15, 0.2) is 5.79 Å². The standard InChI is InChI=1S/C20H25NO4/c22-19(23-14-16-8-3-1-4-9-16)21-13-7-10-17(21)18-15-24-20(25-18)11-5-2-6-12-20/h1,3-4,7-10,17-18H,2,5-6,11-15H2/t17-,18-/m1/s1. The summed E-state index contributed by atoms with van der Waals surface area (Å²) in [5.74, 6) is -0.418. The van der Waals surface area contributed by atoms with Crippen molar-refractivity contribution in [2.24, 2.45) is 0 Å². The van der Waals surface area contributed by atoms with Crippen molar-refractivity contribution >= 4 is 6.09 Å². The molecule has 25 heavy (non-hydrogen) atoms. The van der Waals surface area contributed by atoms with Crippen LogP contribution < -0.4 is 0 Å². The van der Waals surface area contributed by atoms with E-state index in [4.69, 9.17) is 14.2 Å². The average molecular weight is 343 g/mol. The zero-order chi connectivity index (χ0) is 17.1. The predicted molar refractivity (Wildman–Crippen MR) is 92.9 cm³/mol. The predicted octanol–water partition coefficient (Wildman–Crippen LogP) is 3.64. The van der Waals surface area contributed by atoms with Crippen molar-refractivity contribution in [2.75, 3.05) is 13.2 Å². The number of benzene rings is 1. The Hall–Kier alpha value is -1.85. The summed E-state index contributed by atoms with van der Waals surface area (Å²) >= 11 is 0. The summed E-state index contributed by atoms with van der Waals surface area (Å²) in [6, 6.07) is 9.63. The Kier molecular flexibility index (Phi) is 4.77. The third-order valence-corrected chi connectivity index (χ3v) is 5.31. The molecule has 0 radical (unpaired) electrons. The largest absolute Gasteiger partial charge is 0.445 e. The van der Waals surface area contributed by atoms with E-state index in [0.29, 0.717) is 13.2 Å². The van der Waals surface area contributed by atoms with Crippen LogP contribution in [0.4, 0.5) is 4.79 Å². The minimum atomic E-state index is -0.418. The van der Waals surface area contributed by atoms with Crippen molar-refractivity contribution in [1.82, 2.24) is 4.90 Å². The zero-order valence-corrected chi connectivity index (χ0v) is 14.4. The van der Waals surface area contributed by atoms with Crippen LogP contribution in [0.3, 0.4) is 0 Å². The molecule has 2 heterocycles. The summed E-state index contributed by atoms with van der Waals surface area (Å²) < 4.78 is 17.8. The van der Waals surface area contributed by atoms with Crippen LogP contribution in [0.1, 0.15) is 37.7 Å². The molecule has 2 fully saturated rings. The minimum Gasteiger partial charge on any atom is -0.445 e. The highest BCUT2D eigenvalue weighted by atomic mass is 16.7. The first-order valence-electron chi connectivity index (χ1n) is 9.22. The Morgan fingerprint density at radius 2 is 2.00 bits per heavy atom. The van der Waals surface area contributed by atoms with Crippen LogP contribution in [0.25, 0.3) is 0 Å². The van der Waals surface area contributed by atoms with Gasteiger partial charge in [-0.3, -0.25) is 4.90 Å². The normalized spacial score (nSPS) is 27.8. The Bertz CT molecular complexity index is 624. The van der Waals surface area contributed by atoms with Crippen LogP contribution >= 0.6 is 0 Å². The molecule has 2 aliphatic heterocycles. The van der Waals surface area contributed by atoms with Gasteiger partial charge in [-0.1, -0.05) is 48.9 Å². The molecule has 1 aliphatic carbocycles. The van der Waals surface area contributed by atoms with Gasteiger partial charge in [0.2, 0.25) is 0 Å². The van der Waals surface area contributed by atoms with Gasteiger partial charge in [0, 0.05) is 19.4 Å². The molecule has 134 valence electrons. The van der Waals surface area contributed by atoms with Crippen molar-refractivity contribution in [3.05, 3.63) is 48.0 Å². The highest BCUT2D eigenvalue weighted by molar-refractivity contribution is 5.69. The molecule has 3 aliphatic rings. The maximum absolute atomic E-state index is 12.5. The van der Waals surface area contributed by atoms with E-state index in [1.807, 2.05) is 42.5 Å². The molecular weight excluding hydrogens is 318 g/mol. The second kappa shape index (κ2) is 7.18. The van der Waals surface area contributed by atoms with E-state index in [0.717, 1.165) is 31.2 Å². The van der Waals surface area contributed by atoms with Crippen molar-refractivity contribution < 1.29 is 19.0 Å². The van der Waals surface area contributed by atoms with Gasteiger partial charge in [-0.25, -0.2) is 4.79 Å². The van der Waals surface area contributed by atoms with Crippen molar-refractivity contribution in [3.63, 3.8) is 0 Å². The quantitative estimate of drug-likeness (QED) is 0.786. The topological polar surface area (TPSA) is 48.0 Å². The second-order valence-corrected chi connectivity index (χ2v) is 7.05. The number of rotatable bonds is 3. The summed E-state index contributed by atoms with van der Waals surface area (Å²) in [5.41, 5.74) is 0.987. The van der Waals surface area contributed by atoms with Crippen LogP contribution in [0.15, 0.2) is 42.5 Å². The SMILES string of the molecule is O=C(OCc1ccccc1)N1CC=C[C@@H]1[C@H]1COC2(CCCCC2)O1. The molecular formula is C20H25NO4. The van der Waals surface area contributed by atoms with E-state index in [-0.39, 0.29) is 24.8 Å². The second-order valence-electron chi connectivity index (χ2n) is 7.05. The monoisotopic (exact) mass is 343 g/mol. The van der Waals surface area contributed by atoms with Gasteiger partial charge in [0.25, 0.3) is 0 Å². The first-order valence-corrected chi connectivity index (χ1v) is 9.22. The zero-order valence-electron chi connectivity index (χ0n) is 14.4. The van der Waals surface area contributed by atoms with Crippen molar-refractivity contribution in [3.8, 4) is 0 Å². The van der Waals surface area contributed by atoms with E-state index in [9.17, 15) is 4.79 Å². The molecule has 1 spiro atoms. The average Bonchev–Trinajstić information content (AvgIpc) is 3.29. The number of ether oxygens (including phenoxy) is 3. The maximum atomic E-state index is 12.5. The highest BCUT2D eigenvalue weighted by Gasteiger charge is 2.46. The van der Waals surface area contributed by atoms with E-state index in [1.165, 1.54) is 6.42 Å². The summed E-state index contributed by atoms with van der Waals surface area (Å²) in [7, 11) is 0. The first-order chi connectivity index (χ1) is 12.3. The van der Waals surface area contributed by atoms with E-state index in [1.54, 1.807) is 4.90 Å². The molecule has 0 bridgehead atoms. The van der Waals surface area contributed by atoms with E-state index >= 15 is 0 Å². The van der Waals surface area contributed by atoms with Crippen molar-refractivity contribution in [1.29, 1.82) is 0 Å². The van der Waals surface area contributed by atoms with Crippen LogP contribution in [-0.2, 0) is 20.8 Å². The van der Waals surface area contributed by atoms with Gasteiger partial charge < -0.3 is 14.2 Å². The Morgan fingerprint density at radius 3 is 2.80 bits per heavy atom. The molecule has 4 rings (SSSR count). The number of hydrogen-bond donors (Lipinski definition) is 0. The number of nitrogens with zero attached hydrogens (tertiary/aromatic N) is 1. The molecule has 2 atom stereocenters. The van der Waals surface area contributed by atoms with Crippen LogP contribution in [0.2, 0.25) is 0 Å².